The van der Waals surface area contributed by atoms with Gasteiger partial charge in [0.15, 0.2) is 13.2 Å². The molecule has 0 N–H and O–H groups in total. The highest BCUT2D eigenvalue weighted by Crippen LogP contribution is 2.43. The highest BCUT2D eigenvalue weighted by molar-refractivity contribution is 6.67. The van der Waals surface area contributed by atoms with Crippen LogP contribution in [0, 0.1) is 0 Å². The van der Waals surface area contributed by atoms with Crippen LogP contribution in [0.3, 0.4) is 0 Å². The van der Waals surface area contributed by atoms with Gasteiger partial charge in [0.2, 0.25) is 12.4 Å². The number of pyridine rings is 2. The third-order valence-electron chi connectivity index (χ3n) is 7.52. The van der Waals surface area contributed by atoms with Crippen LogP contribution < -0.4 is 29.2 Å². The minimum absolute atomic E-state index is 0.159. The van der Waals surface area contributed by atoms with Crippen molar-refractivity contribution in [2.24, 2.45) is 0 Å². The molecule has 3 aromatic carbocycles. The Morgan fingerprint density at radius 1 is 0.538 bits per heavy atom. The molecule has 7 nitrogen and oxygen atoms in total. The molecule has 0 amide bonds. The van der Waals surface area contributed by atoms with Gasteiger partial charge < -0.3 is 14.7 Å². The van der Waals surface area contributed by atoms with Gasteiger partial charge >= 0.3 is 0 Å². The molecule has 0 spiro atoms. The first-order chi connectivity index (χ1) is 24.8. The van der Waals surface area contributed by atoms with E-state index in [9.17, 15) is 10.0 Å². The molecule has 0 bridgehead atoms. The lowest BCUT2D eigenvalue weighted by Crippen LogP contribution is -2.48. The van der Waals surface area contributed by atoms with E-state index in [1.54, 1.807) is 48.8 Å². The summed E-state index contributed by atoms with van der Waals surface area (Å²) in [7, 11) is -2.23. The van der Waals surface area contributed by atoms with Crippen LogP contribution in [-0.4, -0.2) is 27.1 Å². The average Bonchev–Trinajstić information content (AvgIpc) is 3.13. The molecule has 2 heterocycles. The van der Waals surface area contributed by atoms with Gasteiger partial charge in [-0.15, -0.1) is 0 Å². The summed E-state index contributed by atoms with van der Waals surface area (Å²) in [6.45, 7) is 4.92. The number of benzene rings is 3. The van der Waals surface area contributed by atoms with E-state index >= 15 is 0 Å². The van der Waals surface area contributed by atoms with E-state index in [1.165, 1.54) is 26.2 Å². The van der Waals surface area contributed by atoms with Crippen LogP contribution in [0.1, 0.15) is 54.8 Å². The Hall–Kier alpha value is -2.76. The molecule has 0 radical (unpaired) electrons. The number of halogens is 6. The van der Waals surface area contributed by atoms with Gasteiger partial charge in [-0.25, -0.2) is 0 Å². The van der Waals surface area contributed by atoms with E-state index in [1.807, 2.05) is 68.4 Å². The molecule has 0 fully saturated rings. The Bertz CT molecular complexity index is 1580. The number of rotatable bonds is 12. The summed E-state index contributed by atoms with van der Waals surface area (Å²) in [6.07, 6.45) is 4.73. The van der Waals surface area contributed by atoms with Gasteiger partial charge in [0.25, 0.3) is 19.0 Å². The Balaban J connectivity index is 0.000000235. The second-order valence-corrected chi connectivity index (χ2v) is 15.5. The molecular weight excluding hydrogens is 788 g/mol. The van der Waals surface area contributed by atoms with Crippen molar-refractivity contribution < 1.29 is 33.8 Å². The maximum Gasteiger partial charge on any atom is 0.285 e. The zero-order valence-electron chi connectivity index (χ0n) is 28.6. The smallest absolute Gasteiger partial charge is 0.285 e. The van der Waals surface area contributed by atoms with E-state index in [4.69, 9.17) is 83.9 Å². The van der Waals surface area contributed by atoms with Gasteiger partial charge in [0.1, 0.15) is 0 Å². The molecule has 0 saturated heterocycles. The monoisotopic (exact) mass is 824 g/mol. The summed E-state index contributed by atoms with van der Waals surface area (Å²) in [5.74, 6) is 0. The Morgan fingerprint density at radius 2 is 0.885 bits per heavy atom. The second-order valence-electron chi connectivity index (χ2n) is 10.9. The second kappa shape index (κ2) is 21.8. The SMILES string of the molecule is CCO[n+]1ccccc1C(Cl)(Cl)Cl.CCO[n+]1ccccc1C(Cl)(Cl)Cl.[O-]B([O-])OCCCC(c1ccccc1)(c1ccccc1)c1ccccc1. The molecule has 5 aromatic rings. The lowest BCUT2D eigenvalue weighted by atomic mass is 9.67. The van der Waals surface area contributed by atoms with E-state index in [0.29, 0.717) is 31.0 Å². The predicted octanol–water partition coefficient (Wildman–Crippen LogP) is 7.02. The van der Waals surface area contributed by atoms with Crippen molar-refractivity contribution in [3.8, 4) is 0 Å². The molecule has 5 rings (SSSR count). The van der Waals surface area contributed by atoms with Gasteiger partial charge in [-0.2, -0.15) is 0 Å². The number of hydrogen-bond acceptors (Lipinski definition) is 5. The minimum atomic E-state index is -2.23. The minimum Gasteiger partial charge on any atom is -0.871 e. The molecule has 0 atom stereocenters. The highest BCUT2D eigenvalue weighted by Gasteiger charge is 2.36. The van der Waals surface area contributed by atoms with Gasteiger partial charge in [0, 0.05) is 45.7 Å². The summed E-state index contributed by atoms with van der Waals surface area (Å²) < 4.78 is 4.71. The van der Waals surface area contributed by atoms with Crippen LogP contribution in [-0.2, 0) is 17.7 Å². The quantitative estimate of drug-likeness (QED) is 0.0445. The summed E-state index contributed by atoms with van der Waals surface area (Å²) in [6, 6.07) is 41.6. The number of alkyl halides is 6. The van der Waals surface area contributed by atoms with Crippen molar-refractivity contribution in [1.29, 1.82) is 0 Å². The number of aromatic nitrogens is 2. The zero-order chi connectivity index (χ0) is 38.0. The number of nitrogens with zero attached hydrogens (tertiary/aromatic N) is 2. The van der Waals surface area contributed by atoms with Crippen molar-refractivity contribution in [1.82, 2.24) is 0 Å². The van der Waals surface area contributed by atoms with Crippen molar-refractivity contribution in [3.05, 3.63) is 168 Å². The van der Waals surface area contributed by atoms with Gasteiger partial charge in [-0.3, -0.25) is 9.68 Å². The molecule has 0 saturated carbocycles. The predicted molar refractivity (Wildman–Crippen MR) is 206 cm³/mol. The van der Waals surface area contributed by atoms with Crippen molar-refractivity contribution in [2.75, 3.05) is 19.8 Å². The Kier molecular flexibility index (Phi) is 18.3. The molecular formula is C38H39BCl6N2O5. The fraction of sp³-hybridized carbons (Fsp3) is 0.263. The highest BCUT2D eigenvalue weighted by atomic mass is 35.6. The Morgan fingerprint density at radius 3 is 1.19 bits per heavy atom. The molecule has 14 heteroatoms. The van der Waals surface area contributed by atoms with Gasteiger partial charge in [-0.05, 0) is 55.5 Å². The maximum atomic E-state index is 10.7. The Labute approximate surface area is 336 Å². The molecule has 52 heavy (non-hydrogen) atoms. The van der Waals surface area contributed by atoms with Gasteiger partial charge in [0.05, 0.1) is 7.32 Å². The van der Waals surface area contributed by atoms with Crippen LogP contribution in [0.15, 0.2) is 140 Å². The summed E-state index contributed by atoms with van der Waals surface area (Å²) >= 11 is 34.4. The van der Waals surface area contributed by atoms with Crippen molar-refractivity contribution in [3.63, 3.8) is 0 Å². The maximum absolute atomic E-state index is 10.7. The lowest BCUT2D eigenvalue weighted by molar-refractivity contribution is -0.896. The fourth-order valence-corrected chi connectivity index (χ4v) is 6.29. The lowest BCUT2D eigenvalue weighted by Gasteiger charge is -2.37. The van der Waals surface area contributed by atoms with Crippen LogP contribution >= 0.6 is 69.6 Å². The third-order valence-corrected chi connectivity index (χ3v) is 8.68. The van der Waals surface area contributed by atoms with E-state index in [0.717, 1.165) is 6.42 Å². The van der Waals surface area contributed by atoms with E-state index in [-0.39, 0.29) is 12.0 Å². The van der Waals surface area contributed by atoms with E-state index in [2.05, 4.69) is 36.4 Å². The van der Waals surface area contributed by atoms with Gasteiger partial charge in [-0.1, -0.05) is 161 Å². The summed E-state index contributed by atoms with van der Waals surface area (Å²) in [5, 5.41) is 21.4. The number of hydrogen-bond donors (Lipinski definition) is 0. The standard InChI is InChI=1S/C22H21BO3.2C8H9Cl3NO/c24-23(25)26-18-10-17-22(19-11-4-1-5-12-19,20-13-6-2-7-14-20)21-15-8-3-9-16-21;2*1-2-13-12-6-4-3-5-7(12)8(9,10)11/h1-9,11-16H,10,17-18H2;2*3-6H,2H2,1H3/q-2;2*+1. The zero-order valence-corrected chi connectivity index (χ0v) is 33.1. The van der Waals surface area contributed by atoms with Crippen LogP contribution in [0.2, 0.25) is 0 Å². The van der Waals surface area contributed by atoms with Crippen molar-refractivity contribution in [2.45, 2.75) is 39.7 Å². The molecule has 0 aliphatic carbocycles. The van der Waals surface area contributed by atoms with Crippen molar-refractivity contribution >= 4 is 76.9 Å². The first kappa shape index (κ1) is 43.6. The molecule has 2 aromatic heterocycles. The largest absolute Gasteiger partial charge is 0.871 e. The van der Waals surface area contributed by atoms with Crippen LogP contribution in [0.5, 0.6) is 0 Å². The third kappa shape index (κ3) is 13.3. The molecule has 276 valence electrons. The molecule has 0 aliphatic heterocycles. The molecule has 0 unspecified atom stereocenters. The first-order valence-corrected chi connectivity index (χ1v) is 18.6. The van der Waals surface area contributed by atoms with E-state index < -0.39 is 14.9 Å². The fourth-order valence-electron chi connectivity index (χ4n) is 5.42. The molecule has 0 aliphatic rings. The average molecular weight is 827 g/mol. The summed E-state index contributed by atoms with van der Waals surface area (Å²) in [4.78, 5) is 10.5. The van der Waals surface area contributed by atoms with Crippen LogP contribution in [0.4, 0.5) is 0 Å². The van der Waals surface area contributed by atoms with Crippen LogP contribution in [0.25, 0.3) is 0 Å². The topological polar surface area (TPSA) is 81.6 Å². The normalized spacial score (nSPS) is 11.3. The summed E-state index contributed by atoms with van der Waals surface area (Å²) in [5.41, 5.74) is 4.15. The first-order valence-electron chi connectivity index (χ1n) is 16.4.